The van der Waals surface area contributed by atoms with Gasteiger partial charge in [0.2, 0.25) is 5.95 Å². The van der Waals surface area contributed by atoms with E-state index < -0.39 is 0 Å². The maximum atomic E-state index is 11.7. The van der Waals surface area contributed by atoms with Crippen LogP contribution in [0.4, 0.5) is 17.5 Å². The summed E-state index contributed by atoms with van der Waals surface area (Å²) in [5, 5.41) is 6.13. The number of rotatable bonds is 5. The number of hydrogen-bond acceptors (Lipinski definition) is 7. The first-order valence-corrected chi connectivity index (χ1v) is 5.67. The number of aromatic amines is 1. The number of hydrogen-bond donors (Lipinski definition) is 4. The summed E-state index contributed by atoms with van der Waals surface area (Å²) in [6.45, 7) is 2.18. The fourth-order valence-electron chi connectivity index (χ4n) is 1.70. The topological polar surface area (TPSA) is 114 Å². The average molecular weight is 328 g/mol. The molecule has 8 nitrogen and oxygen atoms in total. The Kier molecular flexibility index (Phi) is 8.31. The highest BCUT2D eigenvalue weighted by Gasteiger charge is 2.21. The van der Waals surface area contributed by atoms with Crippen molar-refractivity contribution < 1.29 is 9.47 Å². The Labute approximate surface area is 128 Å². The third-order valence-corrected chi connectivity index (χ3v) is 2.55. The summed E-state index contributed by atoms with van der Waals surface area (Å²) >= 11 is 0. The number of nitrogens with one attached hydrogen (secondary N) is 3. The van der Waals surface area contributed by atoms with Crippen molar-refractivity contribution in [1.82, 2.24) is 9.97 Å². The zero-order chi connectivity index (χ0) is 13.0. The Hall–Kier alpha value is -1.22. The summed E-state index contributed by atoms with van der Waals surface area (Å²) in [6, 6.07) is 0.0147. The van der Waals surface area contributed by atoms with Gasteiger partial charge in [-0.2, -0.15) is 4.98 Å². The number of H-pyrrole nitrogens is 1. The Morgan fingerprint density at radius 3 is 2.85 bits per heavy atom. The highest BCUT2D eigenvalue weighted by molar-refractivity contribution is 5.85. The quantitative estimate of drug-likeness (QED) is 0.565. The van der Waals surface area contributed by atoms with Crippen LogP contribution in [0.2, 0.25) is 0 Å². The third-order valence-electron chi connectivity index (χ3n) is 2.55. The summed E-state index contributed by atoms with van der Waals surface area (Å²) in [5.41, 5.74) is 5.57. The van der Waals surface area contributed by atoms with Crippen molar-refractivity contribution in [3.05, 3.63) is 10.4 Å². The van der Waals surface area contributed by atoms with Crippen LogP contribution in [0.15, 0.2) is 4.79 Å². The molecule has 0 aromatic carbocycles. The molecule has 0 saturated heterocycles. The molecule has 2 rings (SSSR count). The minimum atomic E-state index is -0.286. The van der Waals surface area contributed by atoms with Crippen LogP contribution >= 0.6 is 24.8 Å². The molecule has 0 amide bonds. The maximum Gasteiger partial charge on any atom is 0.277 e. The minimum absolute atomic E-state index is 0. The van der Waals surface area contributed by atoms with Crippen LogP contribution in [-0.2, 0) is 9.47 Å². The van der Waals surface area contributed by atoms with E-state index >= 15 is 0 Å². The Balaban J connectivity index is 0.00000180. The number of anilines is 3. The van der Waals surface area contributed by atoms with Gasteiger partial charge in [-0.3, -0.25) is 9.78 Å². The van der Waals surface area contributed by atoms with E-state index in [2.05, 4.69) is 20.6 Å². The van der Waals surface area contributed by atoms with E-state index in [1.54, 1.807) is 7.11 Å². The van der Waals surface area contributed by atoms with Gasteiger partial charge in [0.25, 0.3) is 5.56 Å². The van der Waals surface area contributed by atoms with Crippen molar-refractivity contribution in [3.63, 3.8) is 0 Å². The van der Waals surface area contributed by atoms with Gasteiger partial charge < -0.3 is 25.8 Å². The highest BCUT2D eigenvalue weighted by atomic mass is 35.5. The summed E-state index contributed by atoms with van der Waals surface area (Å²) < 4.78 is 10.3. The van der Waals surface area contributed by atoms with E-state index in [9.17, 15) is 4.79 Å². The predicted molar refractivity (Wildman–Crippen MR) is 82.4 cm³/mol. The van der Waals surface area contributed by atoms with E-state index in [-0.39, 0.29) is 42.4 Å². The minimum Gasteiger partial charge on any atom is -0.382 e. The molecule has 2 heterocycles. The molecule has 1 atom stereocenters. The van der Waals surface area contributed by atoms with Gasteiger partial charge in [-0.15, -0.1) is 24.8 Å². The molecule has 1 aromatic heterocycles. The van der Waals surface area contributed by atoms with E-state index in [0.717, 1.165) is 0 Å². The van der Waals surface area contributed by atoms with E-state index in [0.29, 0.717) is 37.9 Å². The number of nitrogen functional groups attached to an aromatic ring is 1. The second kappa shape index (κ2) is 8.85. The van der Waals surface area contributed by atoms with E-state index in [4.69, 9.17) is 15.2 Å². The second-order valence-electron chi connectivity index (χ2n) is 3.96. The largest absolute Gasteiger partial charge is 0.382 e. The van der Waals surface area contributed by atoms with Crippen molar-refractivity contribution in [2.45, 2.75) is 6.04 Å². The van der Waals surface area contributed by atoms with Crippen LogP contribution in [0.25, 0.3) is 0 Å². The van der Waals surface area contributed by atoms with Crippen molar-refractivity contribution in [2.24, 2.45) is 0 Å². The molecule has 0 fully saturated rings. The molecule has 1 aromatic rings. The molecule has 116 valence electrons. The average Bonchev–Trinajstić information content (AvgIpc) is 2.35. The lowest BCUT2D eigenvalue weighted by Crippen LogP contribution is -2.40. The number of halogens is 2. The molecule has 0 aliphatic carbocycles. The Morgan fingerprint density at radius 2 is 2.15 bits per heavy atom. The molecular weight excluding hydrogens is 309 g/mol. The van der Waals surface area contributed by atoms with Gasteiger partial charge in [0, 0.05) is 13.7 Å². The van der Waals surface area contributed by atoms with Crippen LogP contribution in [0.1, 0.15) is 0 Å². The van der Waals surface area contributed by atoms with E-state index in [1.807, 2.05) is 0 Å². The van der Waals surface area contributed by atoms with Crippen molar-refractivity contribution in [1.29, 1.82) is 0 Å². The summed E-state index contributed by atoms with van der Waals surface area (Å²) in [5.74, 6) is 0.576. The SMILES string of the molecule is COCCOCC1CNc2nc(N)[nH]c(=O)c2N1.Cl.Cl. The van der Waals surface area contributed by atoms with Gasteiger partial charge in [-0.05, 0) is 0 Å². The van der Waals surface area contributed by atoms with Crippen molar-refractivity contribution in [2.75, 3.05) is 49.8 Å². The summed E-state index contributed by atoms with van der Waals surface area (Å²) in [4.78, 5) is 18.1. The number of methoxy groups -OCH3 is 1. The van der Waals surface area contributed by atoms with Gasteiger partial charge in [-0.1, -0.05) is 0 Å². The standard InChI is InChI=1S/C10H17N5O3.2ClH/c1-17-2-3-18-5-6-4-12-8-7(13-6)9(16)15-10(11)14-8;;/h6,13H,2-5H2,1H3,(H4,11,12,14,15,16);2*1H. The lowest BCUT2D eigenvalue weighted by Gasteiger charge is -2.26. The monoisotopic (exact) mass is 327 g/mol. The Morgan fingerprint density at radius 1 is 1.40 bits per heavy atom. The molecule has 0 spiro atoms. The molecule has 20 heavy (non-hydrogen) atoms. The van der Waals surface area contributed by atoms with Crippen molar-refractivity contribution >= 4 is 42.3 Å². The molecule has 5 N–H and O–H groups in total. The smallest absolute Gasteiger partial charge is 0.277 e. The normalized spacial score (nSPS) is 15.9. The number of nitrogens with zero attached hydrogens (tertiary/aromatic N) is 1. The molecule has 10 heteroatoms. The fourth-order valence-corrected chi connectivity index (χ4v) is 1.70. The molecule has 0 radical (unpaired) electrons. The molecular formula is C10H19Cl2N5O3. The lowest BCUT2D eigenvalue weighted by atomic mass is 10.2. The second-order valence-corrected chi connectivity index (χ2v) is 3.96. The third kappa shape index (κ3) is 4.71. The first-order valence-electron chi connectivity index (χ1n) is 5.67. The van der Waals surface area contributed by atoms with Gasteiger partial charge in [0.05, 0.1) is 25.9 Å². The molecule has 0 bridgehead atoms. The van der Waals surface area contributed by atoms with Crippen molar-refractivity contribution in [3.8, 4) is 0 Å². The lowest BCUT2D eigenvalue weighted by molar-refractivity contribution is 0.0669. The number of fused-ring (bicyclic) bond motifs is 1. The highest BCUT2D eigenvalue weighted by Crippen LogP contribution is 2.19. The number of aromatic nitrogens is 2. The van der Waals surface area contributed by atoms with Crippen LogP contribution in [-0.4, -0.2) is 49.5 Å². The summed E-state index contributed by atoms with van der Waals surface area (Å²) in [7, 11) is 1.62. The van der Waals surface area contributed by atoms with Gasteiger partial charge >= 0.3 is 0 Å². The molecule has 1 aliphatic heterocycles. The zero-order valence-corrected chi connectivity index (χ0v) is 12.6. The first kappa shape index (κ1) is 18.8. The van der Waals surface area contributed by atoms with Crippen LogP contribution in [0.3, 0.4) is 0 Å². The maximum absolute atomic E-state index is 11.7. The molecule has 0 saturated carbocycles. The van der Waals surface area contributed by atoms with E-state index in [1.165, 1.54) is 0 Å². The molecule has 1 aliphatic rings. The summed E-state index contributed by atoms with van der Waals surface area (Å²) in [6.07, 6.45) is 0. The van der Waals surface area contributed by atoms with Gasteiger partial charge in [0.1, 0.15) is 5.69 Å². The van der Waals surface area contributed by atoms with Crippen LogP contribution in [0.5, 0.6) is 0 Å². The molecule has 1 unspecified atom stereocenters. The van der Waals surface area contributed by atoms with Crippen LogP contribution < -0.4 is 21.9 Å². The van der Waals surface area contributed by atoms with Gasteiger partial charge in [0.15, 0.2) is 5.82 Å². The zero-order valence-electron chi connectivity index (χ0n) is 11.0. The Bertz CT molecular complexity index is 471. The fraction of sp³-hybridized carbons (Fsp3) is 0.600. The first-order chi connectivity index (χ1) is 8.70. The number of nitrogens with two attached hydrogens (primary N) is 1. The van der Waals surface area contributed by atoms with Crippen LogP contribution in [0, 0.1) is 0 Å². The number of ether oxygens (including phenoxy) is 2. The predicted octanol–water partition coefficient (Wildman–Crippen LogP) is 0.0647. The van der Waals surface area contributed by atoms with Gasteiger partial charge in [-0.25, -0.2) is 0 Å².